The number of para-hydroxylation sites is 1. The van der Waals surface area contributed by atoms with Crippen LogP contribution in [0.5, 0.6) is 0 Å². The number of primary amides is 1. The van der Waals surface area contributed by atoms with Gasteiger partial charge in [-0.05, 0) is 25.0 Å². The van der Waals surface area contributed by atoms with Crippen molar-refractivity contribution in [2.75, 3.05) is 5.43 Å². The fraction of sp³-hybridized carbons (Fsp3) is 0.222. The van der Waals surface area contributed by atoms with Crippen LogP contribution in [-0.4, -0.2) is 6.03 Å². The van der Waals surface area contributed by atoms with Crippen LogP contribution in [0.15, 0.2) is 18.2 Å². The molecule has 0 aliphatic rings. The van der Waals surface area contributed by atoms with Gasteiger partial charge in [-0.1, -0.05) is 18.2 Å². The highest BCUT2D eigenvalue weighted by molar-refractivity contribution is 5.74. The van der Waals surface area contributed by atoms with Gasteiger partial charge in [0.1, 0.15) is 0 Å². The lowest BCUT2D eigenvalue weighted by Crippen LogP contribution is -2.34. The van der Waals surface area contributed by atoms with Gasteiger partial charge in [0.25, 0.3) is 0 Å². The van der Waals surface area contributed by atoms with E-state index in [1.165, 1.54) is 0 Å². The number of aryl methyl sites for hydroxylation is 2. The van der Waals surface area contributed by atoms with Crippen molar-refractivity contribution in [3.63, 3.8) is 0 Å². The van der Waals surface area contributed by atoms with E-state index >= 15 is 0 Å². The van der Waals surface area contributed by atoms with Crippen LogP contribution in [-0.2, 0) is 0 Å². The molecule has 0 radical (unpaired) electrons. The highest BCUT2D eigenvalue weighted by Gasteiger charge is 2.00. The smallest absolute Gasteiger partial charge is 0.330 e. The first kappa shape index (κ1) is 9.38. The van der Waals surface area contributed by atoms with Gasteiger partial charge in [0, 0.05) is 0 Å². The van der Waals surface area contributed by atoms with Crippen LogP contribution in [0.2, 0.25) is 0 Å². The predicted molar refractivity (Wildman–Crippen MR) is 52.3 cm³/mol. The van der Waals surface area contributed by atoms with Crippen LogP contribution in [0.3, 0.4) is 0 Å². The highest BCUT2D eigenvalue weighted by atomic mass is 16.2. The number of hydrogen-bond donors (Lipinski definition) is 3. The summed E-state index contributed by atoms with van der Waals surface area (Å²) in [6.07, 6.45) is 0. The lowest BCUT2D eigenvalue weighted by atomic mass is 10.1. The summed E-state index contributed by atoms with van der Waals surface area (Å²) < 4.78 is 0. The topological polar surface area (TPSA) is 67.2 Å². The molecule has 4 N–H and O–H groups in total. The number of anilines is 1. The Balaban J connectivity index is 2.81. The maximum atomic E-state index is 10.4. The SMILES string of the molecule is Cc1cccc(C)c1NNC(N)=O. The summed E-state index contributed by atoms with van der Waals surface area (Å²) in [5.41, 5.74) is 13.0. The van der Waals surface area contributed by atoms with E-state index in [0.29, 0.717) is 0 Å². The maximum absolute atomic E-state index is 10.4. The molecule has 70 valence electrons. The van der Waals surface area contributed by atoms with Gasteiger partial charge >= 0.3 is 6.03 Å². The molecule has 13 heavy (non-hydrogen) atoms. The molecular formula is C9H13N3O. The Kier molecular flexibility index (Phi) is 2.74. The van der Waals surface area contributed by atoms with Gasteiger partial charge in [-0.2, -0.15) is 0 Å². The summed E-state index contributed by atoms with van der Waals surface area (Å²) in [5, 5.41) is 0. The maximum Gasteiger partial charge on any atom is 0.330 e. The fourth-order valence-electron chi connectivity index (χ4n) is 1.14. The molecule has 2 amide bonds. The second-order valence-electron chi connectivity index (χ2n) is 2.88. The van der Waals surface area contributed by atoms with Crippen LogP contribution >= 0.6 is 0 Å². The van der Waals surface area contributed by atoms with Crippen molar-refractivity contribution in [3.8, 4) is 0 Å². The average Bonchev–Trinajstić information content (AvgIpc) is 2.03. The largest absolute Gasteiger partial charge is 0.350 e. The minimum atomic E-state index is -0.595. The van der Waals surface area contributed by atoms with Crippen LogP contribution < -0.4 is 16.6 Å². The van der Waals surface area contributed by atoms with E-state index in [9.17, 15) is 4.79 Å². The molecule has 0 atom stereocenters. The first-order valence-electron chi connectivity index (χ1n) is 3.99. The van der Waals surface area contributed by atoms with Crippen LogP contribution in [0.25, 0.3) is 0 Å². The van der Waals surface area contributed by atoms with E-state index in [1.54, 1.807) is 0 Å². The first-order valence-corrected chi connectivity index (χ1v) is 3.99. The predicted octanol–water partition coefficient (Wildman–Crippen LogP) is 1.30. The monoisotopic (exact) mass is 179 g/mol. The van der Waals surface area contributed by atoms with Gasteiger partial charge < -0.3 is 5.73 Å². The number of nitrogens with two attached hydrogens (primary N) is 1. The van der Waals surface area contributed by atoms with Gasteiger partial charge in [-0.3, -0.25) is 10.9 Å². The summed E-state index contributed by atoms with van der Waals surface area (Å²) in [6.45, 7) is 3.91. The zero-order valence-corrected chi connectivity index (χ0v) is 7.72. The minimum absolute atomic E-state index is 0.595. The zero-order chi connectivity index (χ0) is 9.84. The van der Waals surface area contributed by atoms with Gasteiger partial charge in [0.05, 0.1) is 5.69 Å². The second-order valence-corrected chi connectivity index (χ2v) is 2.88. The van der Waals surface area contributed by atoms with E-state index in [0.717, 1.165) is 16.8 Å². The third-order valence-corrected chi connectivity index (χ3v) is 1.79. The van der Waals surface area contributed by atoms with Crippen molar-refractivity contribution >= 4 is 11.7 Å². The Hall–Kier alpha value is -1.71. The molecule has 0 fully saturated rings. The van der Waals surface area contributed by atoms with E-state index in [-0.39, 0.29) is 0 Å². The number of amides is 2. The van der Waals surface area contributed by atoms with E-state index < -0.39 is 6.03 Å². The molecule has 1 aromatic rings. The summed E-state index contributed by atoms with van der Waals surface area (Å²) in [5.74, 6) is 0. The molecule has 0 aliphatic carbocycles. The molecule has 0 spiro atoms. The average molecular weight is 179 g/mol. The van der Waals surface area contributed by atoms with Crippen molar-refractivity contribution in [2.24, 2.45) is 5.73 Å². The van der Waals surface area contributed by atoms with Crippen LogP contribution in [0.4, 0.5) is 10.5 Å². The van der Waals surface area contributed by atoms with Crippen molar-refractivity contribution in [1.82, 2.24) is 5.43 Å². The van der Waals surface area contributed by atoms with Gasteiger partial charge in [-0.15, -0.1) is 0 Å². The number of benzene rings is 1. The molecular weight excluding hydrogens is 166 g/mol. The molecule has 0 unspecified atom stereocenters. The second kappa shape index (κ2) is 3.80. The van der Waals surface area contributed by atoms with Crippen molar-refractivity contribution in [2.45, 2.75) is 13.8 Å². The first-order chi connectivity index (χ1) is 6.11. The highest BCUT2D eigenvalue weighted by Crippen LogP contribution is 2.17. The van der Waals surface area contributed by atoms with Crippen LogP contribution in [0.1, 0.15) is 11.1 Å². The van der Waals surface area contributed by atoms with E-state index in [2.05, 4.69) is 10.9 Å². The Morgan fingerprint density at radius 3 is 2.31 bits per heavy atom. The molecule has 0 aliphatic heterocycles. The zero-order valence-electron chi connectivity index (χ0n) is 7.72. The van der Waals surface area contributed by atoms with E-state index in [1.807, 2.05) is 32.0 Å². The van der Waals surface area contributed by atoms with Crippen molar-refractivity contribution in [1.29, 1.82) is 0 Å². The van der Waals surface area contributed by atoms with E-state index in [4.69, 9.17) is 5.73 Å². The Bertz CT molecular complexity index is 302. The Labute approximate surface area is 77.1 Å². The number of rotatable bonds is 2. The summed E-state index contributed by atoms with van der Waals surface area (Å²) in [6, 6.07) is 5.28. The molecule has 0 saturated carbocycles. The number of carbonyl (C=O) groups excluding carboxylic acids is 1. The quantitative estimate of drug-likeness (QED) is 0.599. The number of hydrazine groups is 1. The minimum Gasteiger partial charge on any atom is -0.350 e. The molecule has 4 heteroatoms. The van der Waals surface area contributed by atoms with Gasteiger partial charge in [0.2, 0.25) is 0 Å². The van der Waals surface area contributed by atoms with Gasteiger partial charge in [-0.25, -0.2) is 4.79 Å². The number of urea groups is 1. The molecule has 0 heterocycles. The molecule has 0 bridgehead atoms. The molecule has 4 nitrogen and oxygen atoms in total. The Morgan fingerprint density at radius 1 is 1.31 bits per heavy atom. The molecule has 1 rings (SSSR count). The molecule has 1 aromatic carbocycles. The lowest BCUT2D eigenvalue weighted by Gasteiger charge is -2.11. The summed E-state index contributed by atoms with van der Waals surface area (Å²) >= 11 is 0. The van der Waals surface area contributed by atoms with Gasteiger partial charge in [0.15, 0.2) is 0 Å². The summed E-state index contributed by atoms with van der Waals surface area (Å²) in [4.78, 5) is 10.4. The molecule has 0 saturated heterocycles. The Morgan fingerprint density at radius 2 is 1.85 bits per heavy atom. The van der Waals surface area contributed by atoms with Crippen molar-refractivity contribution < 1.29 is 4.79 Å². The number of hydrogen-bond acceptors (Lipinski definition) is 2. The standard InChI is InChI=1S/C9H13N3O/c1-6-4-3-5-7(2)8(6)11-12-9(10)13/h3-5,11H,1-2H3,(H3,10,12,13). The lowest BCUT2D eigenvalue weighted by molar-refractivity contribution is 0.250. The molecule has 0 aromatic heterocycles. The number of nitrogens with one attached hydrogen (secondary N) is 2. The third-order valence-electron chi connectivity index (χ3n) is 1.79. The normalized spacial score (nSPS) is 9.38. The third kappa shape index (κ3) is 2.37. The fourth-order valence-corrected chi connectivity index (χ4v) is 1.14. The van der Waals surface area contributed by atoms with Crippen LogP contribution in [0, 0.1) is 13.8 Å². The summed E-state index contributed by atoms with van der Waals surface area (Å²) in [7, 11) is 0. The van der Waals surface area contributed by atoms with Crippen molar-refractivity contribution in [3.05, 3.63) is 29.3 Å². The number of carbonyl (C=O) groups is 1.